The maximum atomic E-state index is 9.09. The summed E-state index contributed by atoms with van der Waals surface area (Å²) in [6.07, 6.45) is 3.63. The van der Waals surface area contributed by atoms with Crippen LogP contribution in [0.25, 0.3) is 0 Å². The van der Waals surface area contributed by atoms with Gasteiger partial charge in [0.1, 0.15) is 11.5 Å². The first-order valence-corrected chi connectivity index (χ1v) is 7.99. The summed E-state index contributed by atoms with van der Waals surface area (Å²) in [5.74, 6) is 0.347. The first kappa shape index (κ1) is 19.4. The summed E-state index contributed by atoms with van der Waals surface area (Å²) in [5, 5.41) is 24.2. The third-order valence-electron chi connectivity index (χ3n) is 3.37. The molecule has 0 aliphatic carbocycles. The topological polar surface area (TPSA) is 136 Å². The zero-order valence-corrected chi connectivity index (χ0v) is 14.2. The van der Waals surface area contributed by atoms with E-state index in [2.05, 4.69) is 10.3 Å². The van der Waals surface area contributed by atoms with Crippen LogP contribution in [0.15, 0.2) is 22.4 Å². The van der Waals surface area contributed by atoms with Gasteiger partial charge >= 0.3 is 0 Å². The van der Waals surface area contributed by atoms with Gasteiger partial charge in [-0.25, -0.2) is 0 Å². The molecule has 24 heavy (non-hydrogen) atoms. The predicted octanol–water partition coefficient (Wildman–Crippen LogP) is 2.23. The van der Waals surface area contributed by atoms with E-state index in [1.807, 2.05) is 13.8 Å². The summed E-state index contributed by atoms with van der Waals surface area (Å²) in [6.45, 7) is 5.02. The van der Waals surface area contributed by atoms with Crippen LogP contribution in [0.1, 0.15) is 50.7 Å². The third kappa shape index (κ3) is 4.94. The summed E-state index contributed by atoms with van der Waals surface area (Å²) >= 11 is 0. The Hall–Kier alpha value is -2.64. The second-order valence-electron chi connectivity index (χ2n) is 5.19. The Labute approximate surface area is 141 Å². The third-order valence-corrected chi connectivity index (χ3v) is 3.37. The summed E-state index contributed by atoms with van der Waals surface area (Å²) in [6, 6.07) is 3.33. The first-order valence-electron chi connectivity index (χ1n) is 7.99. The monoisotopic (exact) mass is 338 g/mol. The Morgan fingerprint density at radius 1 is 0.875 bits per heavy atom. The van der Waals surface area contributed by atoms with Crippen molar-refractivity contribution in [2.45, 2.75) is 39.5 Å². The van der Waals surface area contributed by atoms with E-state index in [4.69, 9.17) is 31.4 Å². The molecule has 1 aromatic rings. The maximum Gasteiger partial charge on any atom is 0.174 e. The molecule has 0 bridgehead atoms. The maximum absolute atomic E-state index is 9.09. The lowest BCUT2D eigenvalue weighted by Crippen LogP contribution is -2.24. The van der Waals surface area contributed by atoms with Crippen molar-refractivity contribution < 1.29 is 19.9 Å². The number of amidine groups is 2. The van der Waals surface area contributed by atoms with E-state index in [-0.39, 0.29) is 22.8 Å². The van der Waals surface area contributed by atoms with Gasteiger partial charge in [0.05, 0.1) is 24.3 Å². The standard InChI is InChI=1S/C16H26N4O4/c1-3-5-9-23-11-7-8-12(24-10-6-4-2)14(16(18)20-22)13(11)15(17)19-21/h7-8,21-22H,3-6,9-10H2,1-2H3,(H2,17,19)(H2,18,20). The number of hydrogen-bond acceptors (Lipinski definition) is 6. The van der Waals surface area contributed by atoms with Crippen molar-refractivity contribution in [3.63, 3.8) is 0 Å². The summed E-state index contributed by atoms with van der Waals surface area (Å²) in [5.41, 5.74) is 12.0. The highest BCUT2D eigenvalue weighted by Gasteiger charge is 2.22. The van der Waals surface area contributed by atoms with Crippen LogP contribution in [0.5, 0.6) is 11.5 Å². The van der Waals surface area contributed by atoms with Crippen molar-refractivity contribution in [3.05, 3.63) is 23.3 Å². The molecule has 0 radical (unpaired) electrons. The molecule has 0 unspecified atom stereocenters. The molecule has 8 heteroatoms. The highest BCUT2D eigenvalue weighted by Crippen LogP contribution is 2.31. The number of benzene rings is 1. The van der Waals surface area contributed by atoms with E-state index in [1.54, 1.807) is 12.1 Å². The van der Waals surface area contributed by atoms with Crippen molar-refractivity contribution >= 4 is 11.7 Å². The molecule has 0 saturated heterocycles. The molecular weight excluding hydrogens is 312 g/mol. The molecule has 6 N–H and O–H groups in total. The van der Waals surface area contributed by atoms with Gasteiger partial charge in [0.25, 0.3) is 0 Å². The van der Waals surface area contributed by atoms with Crippen molar-refractivity contribution in [1.82, 2.24) is 0 Å². The van der Waals surface area contributed by atoms with Gasteiger partial charge in [0.2, 0.25) is 0 Å². The fourth-order valence-electron chi connectivity index (χ4n) is 2.07. The normalized spacial score (nSPS) is 12.2. The fourth-order valence-corrected chi connectivity index (χ4v) is 2.07. The van der Waals surface area contributed by atoms with E-state index in [0.717, 1.165) is 25.7 Å². The Kier molecular flexibility index (Phi) is 8.24. The summed E-state index contributed by atoms with van der Waals surface area (Å²) in [4.78, 5) is 0. The largest absolute Gasteiger partial charge is 0.493 e. The van der Waals surface area contributed by atoms with E-state index in [1.165, 1.54) is 0 Å². The second kappa shape index (κ2) is 10.2. The number of nitrogens with zero attached hydrogens (tertiary/aromatic N) is 2. The molecule has 0 fully saturated rings. The van der Waals surface area contributed by atoms with Gasteiger partial charge in [0, 0.05) is 0 Å². The molecule has 134 valence electrons. The molecule has 1 aromatic carbocycles. The van der Waals surface area contributed by atoms with E-state index >= 15 is 0 Å². The van der Waals surface area contributed by atoms with Gasteiger partial charge in [-0.05, 0) is 25.0 Å². The van der Waals surface area contributed by atoms with Crippen LogP contribution >= 0.6 is 0 Å². The van der Waals surface area contributed by atoms with Gasteiger partial charge in [-0.2, -0.15) is 0 Å². The molecule has 0 amide bonds. The van der Waals surface area contributed by atoms with E-state index < -0.39 is 0 Å². The van der Waals surface area contributed by atoms with Gasteiger partial charge < -0.3 is 31.4 Å². The van der Waals surface area contributed by atoms with Crippen LogP contribution < -0.4 is 20.9 Å². The van der Waals surface area contributed by atoms with E-state index in [9.17, 15) is 0 Å². The lowest BCUT2D eigenvalue weighted by Gasteiger charge is -2.18. The summed E-state index contributed by atoms with van der Waals surface area (Å²) in [7, 11) is 0. The highest BCUT2D eigenvalue weighted by atomic mass is 16.5. The van der Waals surface area contributed by atoms with Gasteiger partial charge in [-0.15, -0.1) is 0 Å². The SMILES string of the molecule is CCCCOc1ccc(OCCCC)c(C(N)=NO)c1C(N)=NO. The average Bonchev–Trinajstić information content (AvgIpc) is 2.61. The molecule has 0 heterocycles. The molecule has 1 rings (SSSR count). The smallest absolute Gasteiger partial charge is 0.174 e. The molecule has 0 atom stereocenters. The van der Waals surface area contributed by atoms with Crippen molar-refractivity contribution in [2.24, 2.45) is 21.8 Å². The van der Waals surface area contributed by atoms with Crippen LogP contribution in [-0.4, -0.2) is 35.3 Å². The Bertz CT molecular complexity index is 537. The lowest BCUT2D eigenvalue weighted by atomic mass is 10.0. The molecule has 0 aromatic heterocycles. The molecule has 0 saturated carbocycles. The zero-order chi connectivity index (χ0) is 17.9. The van der Waals surface area contributed by atoms with Crippen LogP contribution in [0, 0.1) is 0 Å². The fraction of sp³-hybridized carbons (Fsp3) is 0.500. The van der Waals surface area contributed by atoms with Crippen LogP contribution in [0.3, 0.4) is 0 Å². The van der Waals surface area contributed by atoms with Gasteiger partial charge in [-0.3, -0.25) is 0 Å². The molecule has 0 aliphatic heterocycles. The zero-order valence-electron chi connectivity index (χ0n) is 14.2. The second-order valence-corrected chi connectivity index (χ2v) is 5.19. The number of unbranched alkanes of at least 4 members (excludes halogenated alkanes) is 2. The Morgan fingerprint density at radius 2 is 1.25 bits per heavy atom. The average molecular weight is 338 g/mol. The number of oxime groups is 2. The summed E-state index contributed by atoms with van der Waals surface area (Å²) < 4.78 is 11.4. The highest BCUT2D eigenvalue weighted by molar-refractivity contribution is 6.13. The molecule has 8 nitrogen and oxygen atoms in total. The van der Waals surface area contributed by atoms with E-state index in [0.29, 0.717) is 24.7 Å². The van der Waals surface area contributed by atoms with Crippen molar-refractivity contribution in [2.75, 3.05) is 13.2 Å². The number of rotatable bonds is 10. The lowest BCUT2D eigenvalue weighted by molar-refractivity contribution is 0.297. The molecular formula is C16H26N4O4. The van der Waals surface area contributed by atoms with Crippen LogP contribution in [0.4, 0.5) is 0 Å². The quantitative estimate of drug-likeness (QED) is 0.170. The number of nitrogens with two attached hydrogens (primary N) is 2. The molecule has 0 aliphatic rings. The molecule has 0 spiro atoms. The van der Waals surface area contributed by atoms with Crippen LogP contribution in [0.2, 0.25) is 0 Å². The van der Waals surface area contributed by atoms with Gasteiger partial charge in [0.15, 0.2) is 11.7 Å². The number of ether oxygens (including phenoxy) is 2. The predicted molar refractivity (Wildman–Crippen MR) is 92.3 cm³/mol. The minimum atomic E-state index is -0.205. The first-order chi connectivity index (χ1) is 11.6. The minimum absolute atomic E-state index is 0.205. The van der Waals surface area contributed by atoms with Gasteiger partial charge in [-0.1, -0.05) is 37.0 Å². The number of hydrogen-bond donors (Lipinski definition) is 4. The van der Waals surface area contributed by atoms with Crippen molar-refractivity contribution in [1.29, 1.82) is 0 Å². The van der Waals surface area contributed by atoms with Crippen LogP contribution in [-0.2, 0) is 0 Å². The minimum Gasteiger partial charge on any atom is -0.493 e. The van der Waals surface area contributed by atoms with Crippen molar-refractivity contribution in [3.8, 4) is 11.5 Å². The Morgan fingerprint density at radius 3 is 1.54 bits per heavy atom. The Balaban J connectivity index is 3.37.